The molecule has 0 atom stereocenters. The van der Waals surface area contributed by atoms with Crippen molar-refractivity contribution < 1.29 is 0 Å². The van der Waals surface area contributed by atoms with E-state index >= 15 is 0 Å². The molecule has 6 rings (SSSR count). The van der Waals surface area contributed by atoms with E-state index in [0.29, 0.717) is 17.8 Å². The Bertz CT molecular complexity index is 1820. The predicted octanol–water partition coefficient (Wildman–Crippen LogP) is 8.28. The number of nitrogens with zero attached hydrogens (tertiary/aromatic N) is 5. The quantitative estimate of drug-likeness (QED) is 0.150. The van der Waals surface area contributed by atoms with Crippen LogP contribution in [0.1, 0.15) is 39.3 Å². The van der Waals surface area contributed by atoms with E-state index in [0.717, 1.165) is 44.9 Å². The maximum Gasteiger partial charge on any atom is 0.187 e. The van der Waals surface area contributed by atoms with E-state index in [1.807, 2.05) is 50.5 Å². The summed E-state index contributed by atoms with van der Waals surface area (Å²) in [5.41, 5.74) is 8.61. The van der Waals surface area contributed by atoms with Crippen molar-refractivity contribution in [3.8, 4) is 17.2 Å². The number of imidazole rings is 1. The Hall–Kier alpha value is -5.65. The predicted molar refractivity (Wildman–Crippen MR) is 166 cm³/mol. The van der Waals surface area contributed by atoms with Crippen LogP contribution >= 0.6 is 0 Å². The molecule has 0 saturated heterocycles. The zero-order chi connectivity index (χ0) is 29.1. The van der Waals surface area contributed by atoms with Crippen molar-refractivity contribution >= 4 is 5.69 Å². The van der Waals surface area contributed by atoms with Gasteiger partial charge in [0.1, 0.15) is 11.6 Å². The summed E-state index contributed by atoms with van der Waals surface area (Å²) < 4.78 is 4.38. The van der Waals surface area contributed by atoms with E-state index in [-0.39, 0.29) is 0 Å². The highest BCUT2D eigenvalue weighted by atomic mass is 15.1. The molecule has 0 amide bonds. The molecule has 5 nitrogen and oxygen atoms in total. The molecule has 0 aliphatic heterocycles. The van der Waals surface area contributed by atoms with Gasteiger partial charge in [-0.3, -0.25) is 0 Å². The lowest BCUT2D eigenvalue weighted by Gasteiger charge is -2.37. The summed E-state index contributed by atoms with van der Waals surface area (Å²) in [5.74, 6) is 0. The lowest BCUT2D eigenvalue weighted by Crippen LogP contribution is -2.36. The van der Waals surface area contributed by atoms with Crippen LogP contribution in [-0.2, 0) is 12.1 Å². The van der Waals surface area contributed by atoms with Crippen LogP contribution in [0.3, 0.4) is 0 Å². The fourth-order valence-electron chi connectivity index (χ4n) is 6.09. The first-order chi connectivity index (χ1) is 20.6. The van der Waals surface area contributed by atoms with E-state index in [9.17, 15) is 5.26 Å². The Morgan fingerprint density at radius 2 is 1.29 bits per heavy atom. The van der Waals surface area contributed by atoms with Gasteiger partial charge in [0.25, 0.3) is 0 Å². The zero-order valence-corrected chi connectivity index (χ0v) is 23.6. The Morgan fingerprint density at radius 1 is 0.762 bits per heavy atom. The van der Waals surface area contributed by atoms with Gasteiger partial charge in [-0.15, -0.1) is 0 Å². The largest absolute Gasteiger partial charge is 0.341 e. The second-order valence-electron chi connectivity index (χ2n) is 10.4. The maximum atomic E-state index is 10.1. The molecule has 0 aliphatic carbocycles. The summed E-state index contributed by atoms with van der Waals surface area (Å²) in [6.45, 7) is 11.8. The molecule has 0 N–H and O–H groups in total. The Kier molecular flexibility index (Phi) is 7.01. The summed E-state index contributed by atoms with van der Waals surface area (Å²) in [7, 11) is 0. The number of nitriles is 1. The number of hydrogen-bond acceptors (Lipinski definition) is 2. The molecule has 0 radical (unpaired) electrons. The van der Waals surface area contributed by atoms with E-state index < -0.39 is 5.54 Å². The molecule has 6 aromatic rings. The summed E-state index contributed by atoms with van der Waals surface area (Å²) in [6.07, 6.45) is 4.05. The Labute approximate surface area is 246 Å². The third-order valence-corrected chi connectivity index (χ3v) is 8.10. The van der Waals surface area contributed by atoms with E-state index in [4.69, 9.17) is 11.6 Å². The molecular weight excluding hydrogens is 514 g/mol. The van der Waals surface area contributed by atoms with E-state index in [2.05, 4.69) is 99.0 Å². The molecule has 4 aromatic carbocycles. The average molecular weight is 544 g/mol. The molecule has 5 heteroatoms. The highest BCUT2D eigenvalue weighted by Gasteiger charge is 2.38. The molecule has 0 fully saturated rings. The summed E-state index contributed by atoms with van der Waals surface area (Å²) in [5, 5.41) is 10.1. The van der Waals surface area contributed by atoms with Gasteiger partial charge in [0, 0.05) is 23.1 Å². The molecule has 0 spiro atoms. The summed E-state index contributed by atoms with van der Waals surface area (Å²) in [6, 6.07) is 41.5. The standard InChI is InChI=1S/C37H29N5/c1-27-35(23-38)36(29-19-21-33(39-3)22-20-29)28(2)42(27)25-34-24-41(26-40-34)37(30-13-7-4-8-14-30,31-15-9-5-10-16-31)32-17-11-6-12-18-32/h4-22,24,26H,25H2,1-2H3. The van der Waals surface area contributed by atoms with Crippen molar-refractivity contribution in [2.24, 2.45) is 0 Å². The van der Waals surface area contributed by atoms with Gasteiger partial charge in [-0.2, -0.15) is 5.26 Å². The van der Waals surface area contributed by atoms with Crippen LogP contribution in [0.15, 0.2) is 128 Å². The van der Waals surface area contributed by atoms with Crippen molar-refractivity contribution in [3.05, 3.63) is 179 Å². The fraction of sp³-hybridized carbons (Fsp3) is 0.108. The molecule has 202 valence electrons. The van der Waals surface area contributed by atoms with Gasteiger partial charge in [0.05, 0.1) is 30.7 Å². The van der Waals surface area contributed by atoms with Crippen LogP contribution < -0.4 is 0 Å². The van der Waals surface area contributed by atoms with Crippen molar-refractivity contribution in [2.45, 2.75) is 25.9 Å². The van der Waals surface area contributed by atoms with Crippen molar-refractivity contribution in [1.29, 1.82) is 5.26 Å². The van der Waals surface area contributed by atoms with E-state index in [1.165, 1.54) is 0 Å². The van der Waals surface area contributed by atoms with Gasteiger partial charge in [-0.25, -0.2) is 9.83 Å². The van der Waals surface area contributed by atoms with Gasteiger partial charge in [0.2, 0.25) is 0 Å². The minimum absolute atomic E-state index is 0.522. The first kappa shape index (κ1) is 26.6. The molecule has 2 aromatic heterocycles. The third-order valence-electron chi connectivity index (χ3n) is 8.10. The number of benzene rings is 4. The normalized spacial score (nSPS) is 11.1. The van der Waals surface area contributed by atoms with Crippen LogP contribution in [0.2, 0.25) is 0 Å². The lowest BCUT2D eigenvalue weighted by molar-refractivity contribution is 0.514. The summed E-state index contributed by atoms with van der Waals surface area (Å²) in [4.78, 5) is 8.43. The smallest absolute Gasteiger partial charge is 0.187 e. The molecular formula is C37H29N5. The molecule has 0 unspecified atom stereocenters. The van der Waals surface area contributed by atoms with Gasteiger partial charge in [-0.1, -0.05) is 115 Å². The average Bonchev–Trinajstić information content (AvgIpc) is 3.61. The van der Waals surface area contributed by atoms with Gasteiger partial charge < -0.3 is 9.13 Å². The number of hydrogen-bond donors (Lipinski definition) is 0. The van der Waals surface area contributed by atoms with Crippen LogP contribution in [0.4, 0.5) is 5.69 Å². The zero-order valence-electron chi connectivity index (χ0n) is 23.6. The van der Waals surface area contributed by atoms with Crippen LogP contribution in [-0.4, -0.2) is 14.1 Å². The molecule has 2 heterocycles. The lowest BCUT2D eigenvalue weighted by atomic mass is 9.77. The van der Waals surface area contributed by atoms with Gasteiger partial charge in [-0.05, 0) is 36.1 Å². The van der Waals surface area contributed by atoms with Crippen molar-refractivity contribution in [3.63, 3.8) is 0 Å². The first-order valence-corrected chi connectivity index (χ1v) is 13.9. The third kappa shape index (κ3) is 4.38. The van der Waals surface area contributed by atoms with Gasteiger partial charge >= 0.3 is 0 Å². The number of aromatic nitrogens is 3. The molecule has 0 aliphatic rings. The monoisotopic (exact) mass is 543 g/mol. The number of rotatable bonds is 7. The van der Waals surface area contributed by atoms with Crippen LogP contribution in [0, 0.1) is 31.8 Å². The minimum atomic E-state index is -0.635. The van der Waals surface area contributed by atoms with Gasteiger partial charge in [0.15, 0.2) is 5.69 Å². The summed E-state index contributed by atoms with van der Waals surface area (Å²) >= 11 is 0. The molecule has 0 saturated carbocycles. The Morgan fingerprint density at radius 3 is 1.76 bits per heavy atom. The van der Waals surface area contributed by atoms with E-state index in [1.54, 1.807) is 12.1 Å². The fourth-order valence-corrected chi connectivity index (χ4v) is 6.09. The Balaban J connectivity index is 1.49. The first-order valence-electron chi connectivity index (χ1n) is 13.9. The minimum Gasteiger partial charge on any atom is -0.341 e. The highest BCUT2D eigenvalue weighted by Crippen LogP contribution is 2.41. The topological polar surface area (TPSA) is 50.9 Å². The molecule has 0 bridgehead atoms. The second kappa shape index (κ2) is 11.1. The maximum absolute atomic E-state index is 10.1. The SMILES string of the molecule is [C-]#[N+]c1ccc(-c2c(C#N)c(C)n(Cc3cn(C(c4ccccc4)(c4ccccc4)c4ccccc4)cn3)c2C)cc1. The second-order valence-corrected chi connectivity index (χ2v) is 10.4. The van der Waals surface area contributed by atoms with Crippen molar-refractivity contribution in [1.82, 2.24) is 14.1 Å². The van der Waals surface area contributed by atoms with Crippen LogP contribution in [0.5, 0.6) is 0 Å². The molecule has 42 heavy (non-hydrogen) atoms. The highest BCUT2D eigenvalue weighted by molar-refractivity contribution is 5.76. The van der Waals surface area contributed by atoms with Crippen molar-refractivity contribution in [2.75, 3.05) is 0 Å². The van der Waals surface area contributed by atoms with Crippen LogP contribution in [0.25, 0.3) is 16.0 Å².